The molecule has 2 aliphatic rings. The molecule has 0 aromatic heterocycles. The van der Waals surface area contributed by atoms with Crippen LogP contribution >= 0.6 is 0 Å². The third-order valence-electron chi connectivity index (χ3n) is 3.77. The zero-order valence-corrected chi connectivity index (χ0v) is 7.02. The van der Waals surface area contributed by atoms with Gasteiger partial charge in [-0.2, -0.15) is 0 Å². The van der Waals surface area contributed by atoms with E-state index in [1.165, 1.54) is 6.42 Å². The van der Waals surface area contributed by atoms with E-state index in [0.29, 0.717) is 10.8 Å². The van der Waals surface area contributed by atoms with Crippen LogP contribution in [0.25, 0.3) is 0 Å². The van der Waals surface area contributed by atoms with Gasteiger partial charge in [-0.25, -0.2) is 0 Å². The smallest absolute Gasteiger partial charge is 0.00866 e. The molecule has 0 heterocycles. The number of hydrogen-bond acceptors (Lipinski definition) is 0. The maximum atomic E-state index is 2.46. The molecule has 0 aliphatic heterocycles. The lowest BCUT2D eigenvalue weighted by Gasteiger charge is -2.33. The highest BCUT2D eigenvalue weighted by molar-refractivity contribution is 5.27. The van der Waals surface area contributed by atoms with Crippen molar-refractivity contribution in [1.82, 2.24) is 0 Å². The lowest BCUT2D eigenvalue weighted by atomic mass is 9.71. The Balaban J connectivity index is 2.45. The molecule has 0 nitrogen and oxygen atoms in total. The van der Waals surface area contributed by atoms with Crippen LogP contribution in [-0.2, 0) is 0 Å². The Hall–Kier alpha value is -0.260. The molecule has 0 aromatic carbocycles. The standard InChI is InChI=1S/C10H15/c1-9(2)8-4-6-10(9,3)7-5-8/h4-6,8H,7H2,1-3H3. The van der Waals surface area contributed by atoms with Crippen molar-refractivity contribution in [3.8, 4) is 0 Å². The molecule has 0 heteroatoms. The molecule has 2 atom stereocenters. The minimum atomic E-state index is 0.470. The summed E-state index contributed by atoms with van der Waals surface area (Å²) in [6.07, 6.45) is 8.50. The third kappa shape index (κ3) is 0.492. The van der Waals surface area contributed by atoms with Crippen LogP contribution < -0.4 is 0 Å². The van der Waals surface area contributed by atoms with Crippen molar-refractivity contribution >= 4 is 0 Å². The Morgan fingerprint density at radius 3 is 2.10 bits per heavy atom. The summed E-state index contributed by atoms with van der Waals surface area (Å²) in [5.41, 5.74) is 0.963. The maximum Gasteiger partial charge on any atom is -0.00866 e. The molecule has 1 fully saturated rings. The first kappa shape index (κ1) is 6.45. The lowest BCUT2D eigenvalue weighted by Crippen LogP contribution is -2.27. The van der Waals surface area contributed by atoms with E-state index in [2.05, 4.69) is 39.3 Å². The molecule has 0 saturated heterocycles. The van der Waals surface area contributed by atoms with Gasteiger partial charge in [-0.3, -0.25) is 0 Å². The first-order valence-electron chi connectivity index (χ1n) is 4.09. The van der Waals surface area contributed by atoms with Crippen LogP contribution in [0.1, 0.15) is 27.2 Å². The van der Waals surface area contributed by atoms with Crippen LogP contribution in [0, 0.1) is 23.2 Å². The predicted molar refractivity (Wildman–Crippen MR) is 43.4 cm³/mol. The van der Waals surface area contributed by atoms with E-state index >= 15 is 0 Å². The molecule has 0 aromatic rings. The van der Waals surface area contributed by atoms with Gasteiger partial charge in [0.2, 0.25) is 0 Å². The van der Waals surface area contributed by atoms with E-state index in [0.717, 1.165) is 5.92 Å². The van der Waals surface area contributed by atoms with Crippen LogP contribution in [0.4, 0.5) is 0 Å². The number of allylic oxidation sites excluding steroid dienone is 2. The fourth-order valence-electron chi connectivity index (χ4n) is 2.23. The van der Waals surface area contributed by atoms with Gasteiger partial charge in [0.1, 0.15) is 0 Å². The lowest BCUT2D eigenvalue weighted by molar-refractivity contribution is 0.183. The second-order valence-corrected chi connectivity index (χ2v) is 4.46. The fraction of sp³-hybridized carbons (Fsp3) is 0.700. The number of rotatable bonds is 0. The molecular formula is C10H15. The molecular weight excluding hydrogens is 120 g/mol. The van der Waals surface area contributed by atoms with Gasteiger partial charge in [-0.15, -0.1) is 0 Å². The molecule has 10 heavy (non-hydrogen) atoms. The largest absolute Gasteiger partial charge is 0.0840 e. The molecule has 2 aliphatic carbocycles. The summed E-state index contributed by atoms with van der Waals surface area (Å²) in [6.45, 7) is 7.12. The maximum absolute atomic E-state index is 2.46. The monoisotopic (exact) mass is 135 g/mol. The summed E-state index contributed by atoms with van der Waals surface area (Å²) in [7, 11) is 0. The zero-order chi connectivity index (χ0) is 7.41. The van der Waals surface area contributed by atoms with Gasteiger partial charge in [0.25, 0.3) is 0 Å². The van der Waals surface area contributed by atoms with Crippen LogP contribution in [-0.4, -0.2) is 0 Å². The second-order valence-electron chi connectivity index (χ2n) is 4.46. The molecule has 1 saturated carbocycles. The summed E-state index contributed by atoms with van der Waals surface area (Å²) in [4.78, 5) is 0. The molecule has 2 bridgehead atoms. The van der Waals surface area contributed by atoms with Crippen molar-refractivity contribution in [3.05, 3.63) is 18.6 Å². The van der Waals surface area contributed by atoms with E-state index in [-0.39, 0.29) is 0 Å². The SMILES string of the molecule is CC12C=CC([CH]C1)C2(C)C. The third-order valence-corrected chi connectivity index (χ3v) is 3.77. The topological polar surface area (TPSA) is 0 Å². The summed E-state index contributed by atoms with van der Waals surface area (Å²) in [5.74, 6) is 0.748. The molecule has 0 N–H and O–H groups in total. The molecule has 2 rings (SSSR count). The van der Waals surface area contributed by atoms with Crippen molar-refractivity contribution in [3.63, 3.8) is 0 Å². The van der Waals surface area contributed by atoms with Crippen molar-refractivity contribution in [2.75, 3.05) is 0 Å². The van der Waals surface area contributed by atoms with E-state index in [4.69, 9.17) is 0 Å². The first-order chi connectivity index (χ1) is 4.56. The summed E-state index contributed by atoms with van der Waals surface area (Å²) < 4.78 is 0. The van der Waals surface area contributed by atoms with E-state index in [1.54, 1.807) is 0 Å². The average Bonchev–Trinajstić information content (AvgIpc) is 2.18. The first-order valence-corrected chi connectivity index (χ1v) is 4.09. The normalized spacial score (nSPS) is 48.5. The van der Waals surface area contributed by atoms with Crippen LogP contribution in [0.5, 0.6) is 0 Å². The fourth-order valence-corrected chi connectivity index (χ4v) is 2.23. The summed E-state index contributed by atoms with van der Waals surface area (Å²) in [6, 6.07) is 0. The van der Waals surface area contributed by atoms with E-state index in [9.17, 15) is 0 Å². The second kappa shape index (κ2) is 1.49. The van der Waals surface area contributed by atoms with Crippen LogP contribution in [0.2, 0.25) is 0 Å². The Morgan fingerprint density at radius 1 is 1.30 bits per heavy atom. The van der Waals surface area contributed by atoms with Crippen molar-refractivity contribution in [2.45, 2.75) is 27.2 Å². The highest BCUT2D eigenvalue weighted by Crippen LogP contribution is 2.60. The predicted octanol–water partition coefficient (Wildman–Crippen LogP) is 2.81. The Labute approximate surface area is 63.3 Å². The van der Waals surface area contributed by atoms with Gasteiger partial charge in [0.15, 0.2) is 0 Å². The van der Waals surface area contributed by atoms with Gasteiger partial charge in [-0.1, -0.05) is 32.9 Å². The van der Waals surface area contributed by atoms with Gasteiger partial charge in [-0.05, 0) is 29.6 Å². The van der Waals surface area contributed by atoms with Crippen molar-refractivity contribution in [1.29, 1.82) is 0 Å². The quantitative estimate of drug-likeness (QED) is 0.448. The van der Waals surface area contributed by atoms with Crippen LogP contribution in [0.15, 0.2) is 12.2 Å². The summed E-state index contributed by atoms with van der Waals surface area (Å²) in [5, 5.41) is 0. The van der Waals surface area contributed by atoms with Gasteiger partial charge in [0.05, 0.1) is 0 Å². The minimum Gasteiger partial charge on any atom is -0.0840 e. The van der Waals surface area contributed by atoms with Gasteiger partial charge in [0, 0.05) is 0 Å². The summed E-state index contributed by atoms with van der Waals surface area (Å²) >= 11 is 0. The Morgan fingerprint density at radius 2 is 2.00 bits per heavy atom. The molecule has 1 radical (unpaired) electrons. The van der Waals surface area contributed by atoms with Crippen molar-refractivity contribution < 1.29 is 0 Å². The molecule has 55 valence electrons. The molecule has 2 unspecified atom stereocenters. The number of fused-ring (bicyclic) bond motifs is 2. The van der Waals surface area contributed by atoms with Gasteiger partial charge >= 0.3 is 0 Å². The molecule has 0 amide bonds. The Bertz CT molecular complexity index is 188. The average molecular weight is 135 g/mol. The Kier molecular flexibility index (Phi) is 0.962. The minimum absolute atomic E-state index is 0.470. The molecule has 0 spiro atoms. The van der Waals surface area contributed by atoms with Gasteiger partial charge < -0.3 is 0 Å². The van der Waals surface area contributed by atoms with E-state index in [1.807, 2.05) is 0 Å². The highest BCUT2D eigenvalue weighted by atomic mass is 14.6. The van der Waals surface area contributed by atoms with Crippen LogP contribution in [0.3, 0.4) is 0 Å². The van der Waals surface area contributed by atoms with Crippen molar-refractivity contribution in [2.24, 2.45) is 16.7 Å². The highest BCUT2D eigenvalue weighted by Gasteiger charge is 2.52. The van der Waals surface area contributed by atoms with E-state index < -0.39 is 0 Å². The zero-order valence-electron chi connectivity index (χ0n) is 7.02. The number of hydrogen-bond donors (Lipinski definition) is 0.